The number of nitrogens with zero attached hydrogens (tertiary/aromatic N) is 1. The van der Waals surface area contributed by atoms with E-state index < -0.39 is 11.9 Å². The number of fused-ring (bicyclic) bond motifs is 2. The van der Waals surface area contributed by atoms with E-state index in [1.165, 1.54) is 18.1 Å². The van der Waals surface area contributed by atoms with Gasteiger partial charge in [0.2, 0.25) is 5.76 Å². The number of benzene rings is 2. The van der Waals surface area contributed by atoms with E-state index in [1.54, 1.807) is 24.3 Å². The molecule has 0 bridgehead atoms. The van der Waals surface area contributed by atoms with Crippen molar-refractivity contribution >= 4 is 16.9 Å². The van der Waals surface area contributed by atoms with Crippen LogP contribution in [0, 0.1) is 6.92 Å². The second-order valence-electron chi connectivity index (χ2n) is 6.73. The summed E-state index contributed by atoms with van der Waals surface area (Å²) in [5.41, 5.74) is 1.76. The van der Waals surface area contributed by atoms with Crippen molar-refractivity contribution in [2.45, 2.75) is 13.0 Å². The molecule has 1 aromatic heterocycles. The highest BCUT2D eigenvalue weighted by molar-refractivity contribution is 5.99. The van der Waals surface area contributed by atoms with Crippen molar-refractivity contribution in [2.75, 3.05) is 20.3 Å². The predicted molar refractivity (Wildman–Crippen MR) is 102 cm³/mol. The van der Waals surface area contributed by atoms with Crippen LogP contribution in [-0.4, -0.2) is 41.3 Å². The second-order valence-corrected chi connectivity index (χ2v) is 6.73. The molecule has 0 saturated heterocycles. The van der Waals surface area contributed by atoms with Crippen LogP contribution >= 0.6 is 0 Å². The molecule has 28 heavy (non-hydrogen) atoms. The standard InChI is InChI=1S/C21H19NO6/c1-11-3-6-15-13(9-11)19(25)17-18(12-4-5-14(24)16(10-12)27-2)22(7-8-23)21(26)20(17)28-15/h3-6,9-10,18,23-24H,7-8H2,1-2H3. The van der Waals surface area contributed by atoms with Gasteiger partial charge in [0, 0.05) is 6.54 Å². The molecule has 7 heteroatoms. The molecular weight excluding hydrogens is 362 g/mol. The average Bonchev–Trinajstić information content (AvgIpc) is 2.96. The Labute approximate surface area is 160 Å². The van der Waals surface area contributed by atoms with E-state index in [4.69, 9.17) is 9.15 Å². The first-order valence-electron chi connectivity index (χ1n) is 8.82. The highest BCUT2D eigenvalue weighted by Gasteiger charge is 2.42. The Kier molecular flexibility index (Phi) is 4.31. The van der Waals surface area contributed by atoms with Gasteiger partial charge in [0.15, 0.2) is 16.9 Å². The molecule has 2 aromatic carbocycles. The third-order valence-electron chi connectivity index (χ3n) is 4.98. The van der Waals surface area contributed by atoms with Gasteiger partial charge >= 0.3 is 0 Å². The van der Waals surface area contributed by atoms with E-state index in [-0.39, 0.29) is 41.4 Å². The van der Waals surface area contributed by atoms with Gasteiger partial charge in [-0.1, -0.05) is 17.7 Å². The first-order chi connectivity index (χ1) is 13.5. The minimum Gasteiger partial charge on any atom is -0.504 e. The van der Waals surface area contributed by atoms with Crippen molar-refractivity contribution in [1.29, 1.82) is 0 Å². The average molecular weight is 381 g/mol. The van der Waals surface area contributed by atoms with Crippen molar-refractivity contribution in [3.63, 3.8) is 0 Å². The van der Waals surface area contributed by atoms with Gasteiger partial charge < -0.3 is 24.3 Å². The third-order valence-corrected chi connectivity index (χ3v) is 4.98. The predicted octanol–water partition coefficient (Wildman–Crippen LogP) is 2.35. The van der Waals surface area contributed by atoms with Crippen LogP contribution in [0.3, 0.4) is 0 Å². The van der Waals surface area contributed by atoms with E-state index in [9.17, 15) is 19.8 Å². The monoisotopic (exact) mass is 381 g/mol. The Bertz CT molecular complexity index is 1150. The summed E-state index contributed by atoms with van der Waals surface area (Å²) in [6, 6.07) is 9.11. The topological polar surface area (TPSA) is 100 Å². The van der Waals surface area contributed by atoms with Crippen molar-refractivity contribution in [3.8, 4) is 11.5 Å². The number of aryl methyl sites for hydroxylation is 1. The molecule has 2 N–H and O–H groups in total. The summed E-state index contributed by atoms with van der Waals surface area (Å²) >= 11 is 0. The van der Waals surface area contributed by atoms with Gasteiger partial charge in [-0.15, -0.1) is 0 Å². The summed E-state index contributed by atoms with van der Waals surface area (Å²) in [5, 5.41) is 19.8. The number of carbonyl (C=O) groups is 1. The zero-order valence-corrected chi connectivity index (χ0v) is 15.4. The molecule has 0 radical (unpaired) electrons. The molecule has 1 aliphatic rings. The number of methoxy groups -OCH3 is 1. The van der Waals surface area contributed by atoms with Gasteiger partial charge in [0.05, 0.1) is 30.7 Å². The van der Waals surface area contributed by atoms with E-state index in [1.807, 2.05) is 13.0 Å². The quantitative estimate of drug-likeness (QED) is 0.720. The molecule has 1 aliphatic heterocycles. The summed E-state index contributed by atoms with van der Waals surface area (Å²) < 4.78 is 11.0. The summed E-state index contributed by atoms with van der Waals surface area (Å²) in [4.78, 5) is 27.6. The van der Waals surface area contributed by atoms with Crippen LogP contribution in [0.2, 0.25) is 0 Å². The lowest BCUT2D eigenvalue weighted by atomic mass is 9.97. The molecule has 0 saturated carbocycles. The molecule has 0 spiro atoms. The summed E-state index contributed by atoms with van der Waals surface area (Å²) in [6.45, 7) is 1.64. The lowest BCUT2D eigenvalue weighted by Crippen LogP contribution is -2.32. The van der Waals surface area contributed by atoms with Crippen molar-refractivity contribution in [1.82, 2.24) is 4.90 Å². The molecule has 4 rings (SSSR count). The third kappa shape index (κ3) is 2.63. The summed E-state index contributed by atoms with van der Waals surface area (Å²) in [7, 11) is 1.42. The van der Waals surface area contributed by atoms with Crippen LogP contribution in [0.25, 0.3) is 11.0 Å². The zero-order valence-electron chi connectivity index (χ0n) is 15.4. The molecule has 144 valence electrons. The fourth-order valence-corrected chi connectivity index (χ4v) is 3.68. The van der Waals surface area contributed by atoms with Gasteiger partial charge in [0.25, 0.3) is 5.91 Å². The zero-order chi connectivity index (χ0) is 20.0. The Balaban J connectivity index is 2.01. The minimum absolute atomic E-state index is 0.0214. The van der Waals surface area contributed by atoms with E-state index in [0.717, 1.165) is 5.56 Å². The van der Waals surface area contributed by atoms with Gasteiger partial charge in [0.1, 0.15) is 5.58 Å². The molecule has 3 aromatic rings. The number of amides is 1. The smallest absolute Gasteiger partial charge is 0.290 e. The van der Waals surface area contributed by atoms with Crippen LogP contribution in [0.1, 0.15) is 33.3 Å². The Morgan fingerprint density at radius 2 is 1.96 bits per heavy atom. The molecule has 1 amide bonds. The fraction of sp³-hybridized carbons (Fsp3) is 0.238. The van der Waals surface area contributed by atoms with Crippen LogP contribution in [0.4, 0.5) is 0 Å². The molecule has 1 unspecified atom stereocenters. The number of ether oxygens (including phenoxy) is 1. The van der Waals surface area contributed by atoms with Gasteiger partial charge in [-0.2, -0.15) is 0 Å². The normalized spacial score (nSPS) is 15.9. The van der Waals surface area contributed by atoms with Crippen LogP contribution in [0.5, 0.6) is 11.5 Å². The number of hydrogen-bond acceptors (Lipinski definition) is 6. The van der Waals surface area contributed by atoms with Gasteiger partial charge in [-0.25, -0.2) is 0 Å². The van der Waals surface area contributed by atoms with Crippen LogP contribution < -0.4 is 10.2 Å². The van der Waals surface area contributed by atoms with Gasteiger partial charge in [-0.05, 0) is 36.8 Å². The van der Waals surface area contributed by atoms with Crippen LogP contribution in [-0.2, 0) is 0 Å². The Morgan fingerprint density at radius 1 is 1.18 bits per heavy atom. The highest BCUT2D eigenvalue weighted by atomic mass is 16.5. The number of phenols is 1. The number of phenolic OH excluding ortho intramolecular Hbond substituents is 1. The second kappa shape index (κ2) is 6.69. The van der Waals surface area contributed by atoms with Crippen LogP contribution in [0.15, 0.2) is 45.6 Å². The number of hydrogen-bond donors (Lipinski definition) is 2. The first kappa shape index (κ1) is 18.1. The molecule has 1 atom stereocenters. The van der Waals surface area contributed by atoms with Gasteiger partial charge in [-0.3, -0.25) is 9.59 Å². The van der Waals surface area contributed by atoms with Crippen molar-refractivity contribution in [3.05, 3.63) is 69.1 Å². The van der Waals surface area contributed by atoms with Crippen molar-refractivity contribution in [2.24, 2.45) is 0 Å². The first-order valence-corrected chi connectivity index (χ1v) is 8.82. The lowest BCUT2D eigenvalue weighted by molar-refractivity contribution is 0.0691. The van der Waals surface area contributed by atoms with E-state index >= 15 is 0 Å². The van der Waals surface area contributed by atoms with E-state index in [2.05, 4.69) is 0 Å². The minimum atomic E-state index is -0.745. The largest absolute Gasteiger partial charge is 0.504 e. The lowest BCUT2D eigenvalue weighted by Gasteiger charge is -2.24. The Hall–Kier alpha value is -3.32. The molecule has 7 nitrogen and oxygen atoms in total. The number of β-amino-alcohol motifs (C(OH)–C–C–N with tert-alkyl or cyclic N) is 1. The maximum atomic E-state index is 13.3. The molecule has 0 aliphatic carbocycles. The number of aliphatic hydroxyl groups excluding tert-OH is 1. The summed E-state index contributed by atoms with van der Waals surface area (Å²) in [5.74, 6) is -0.304. The van der Waals surface area contributed by atoms with Crippen molar-refractivity contribution < 1.29 is 24.2 Å². The molecule has 2 heterocycles. The SMILES string of the molecule is COc1cc(C2c3c(oc4ccc(C)cc4c3=O)C(=O)N2CCO)ccc1O. The maximum absolute atomic E-state index is 13.3. The summed E-state index contributed by atoms with van der Waals surface area (Å²) in [6.07, 6.45) is 0. The van der Waals surface area contributed by atoms with E-state index in [0.29, 0.717) is 16.5 Å². The molecular formula is C21H19NO6. The Morgan fingerprint density at radius 3 is 2.68 bits per heavy atom. The maximum Gasteiger partial charge on any atom is 0.290 e. The number of rotatable bonds is 4. The highest BCUT2D eigenvalue weighted by Crippen LogP contribution is 2.40. The number of aliphatic hydroxyl groups is 1. The molecule has 0 fully saturated rings. The number of aromatic hydroxyl groups is 1. The number of carbonyl (C=O) groups excluding carboxylic acids is 1. The fourth-order valence-electron chi connectivity index (χ4n) is 3.68.